The second-order valence-corrected chi connectivity index (χ2v) is 6.31. The molecule has 0 spiro atoms. The zero-order valence-electron chi connectivity index (χ0n) is 10.2. The van der Waals surface area contributed by atoms with Gasteiger partial charge in [0.2, 0.25) is 5.91 Å². The molecule has 4 nitrogen and oxygen atoms in total. The van der Waals surface area contributed by atoms with Crippen molar-refractivity contribution >= 4 is 11.9 Å². The highest BCUT2D eigenvalue weighted by atomic mass is 16.6. The smallest absolute Gasteiger partial charge is 0.309 e. The van der Waals surface area contributed by atoms with Crippen LogP contribution >= 0.6 is 0 Å². The van der Waals surface area contributed by atoms with Crippen LogP contribution in [0.4, 0.5) is 0 Å². The molecule has 4 fully saturated rings. The van der Waals surface area contributed by atoms with Gasteiger partial charge in [0.15, 0.2) is 0 Å². The Morgan fingerprint density at radius 3 is 2.88 bits per heavy atom. The molecule has 2 saturated carbocycles. The summed E-state index contributed by atoms with van der Waals surface area (Å²) in [5, 5.41) is 0. The lowest BCUT2D eigenvalue weighted by Gasteiger charge is -2.44. The Morgan fingerprint density at radius 2 is 2.12 bits per heavy atom. The molecule has 2 aliphatic carbocycles. The molecule has 2 heterocycles. The molecule has 0 radical (unpaired) electrons. The fourth-order valence-corrected chi connectivity index (χ4v) is 5.28. The Balaban J connectivity index is 1.89. The molecule has 17 heavy (non-hydrogen) atoms. The third-order valence-electron chi connectivity index (χ3n) is 5.91. The molecule has 2 aliphatic heterocycles. The number of nitrogens with zero attached hydrogens (tertiary/aromatic N) is 1. The highest BCUT2D eigenvalue weighted by molar-refractivity contribution is 5.85. The van der Waals surface area contributed by atoms with Crippen LogP contribution in [0.5, 0.6) is 0 Å². The molecule has 6 atom stereocenters. The standard InChI is InChI=1S/C13H17NO3/c1-13-7-3-4-8(13)11(15)14(2)10(13)9-5-6(7)12(16)17-9/h6-10H,3-5H2,1-2H3/t6-,7+,8-,9+,10-,13-/m1/s1. The van der Waals surface area contributed by atoms with Crippen molar-refractivity contribution < 1.29 is 14.3 Å². The molecular formula is C13H17NO3. The molecule has 92 valence electrons. The van der Waals surface area contributed by atoms with Crippen LogP contribution in [0.15, 0.2) is 0 Å². The van der Waals surface area contributed by atoms with Gasteiger partial charge in [-0.2, -0.15) is 0 Å². The summed E-state index contributed by atoms with van der Waals surface area (Å²) in [5.74, 6) is 0.797. The Morgan fingerprint density at radius 1 is 1.35 bits per heavy atom. The van der Waals surface area contributed by atoms with Gasteiger partial charge in [-0.1, -0.05) is 6.92 Å². The monoisotopic (exact) mass is 235 g/mol. The minimum atomic E-state index is -0.0502. The lowest BCUT2D eigenvalue weighted by Crippen LogP contribution is -2.52. The topological polar surface area (TPSA) is 46.6 Å². The first kappa shape index (κ1) is 9.92. The van der Waals surface area contributed by atoms with E-state index in [0.717, 1.165) is 19.3 Å². The fraction of sp³-hybridized carbons (Fsp3) is 0.846. The number of fused-ring (bicyclic) bond motifs is 4. The number of esters is 1. The molecule has 0 unspecified atom stereocenters. The molecular weight excluding hydrogens is 218 g/mol. The van der Waals surface area contributed by atoms with Crippen molar-refractivity contribution in [1.82, 2.24) is 4.90 Å². The second-order valence-electron chi connectivity index (χ2n) is 6.31. The minimum absolute atomic E-state index is 0.0166. The van der Waals surface area contributed by atoms with Crippen LogP contribution < -0.4 is 0 Å². The third kappa shape index (κ3) is 0.860. The molecule has 2 saturated heterocycles. The minimum Gasteiger partial charge on any atom is -0.460 e. The van der Waals surface area contributed by atoms with E-state index >= 15 is 0 Å². The number of rotatable bonds is 0. The van der Waals surface area contributed by atoms with Crippen molar-refractivity contribution in [2.45, 2.75) is 38.3 Å². The van der Waals surface area contributed by atoms with E-state index in [1.165, 1.54) is 0 Å². The van der Waals surface area contributed by atoms with Crippen LogP contribution in [0.3, 0.4) is 0 Å². The molecule has 0 aromatic rings. The number of likely N-dealkylation sites (N-methyl/N-ethyl adjacent to an activating group) is 1. The highest BCUT2D eigenvalue weighted by Gasteiger charge is 2.71. The molecule has 0 aromatic heterocycles. The molecule has 0 N–H and O–H groups in total. The van der Waals surface area contributed by atoms with Crippen LogP contribution in [-0.2, 0) is 14.3 Å². The number of amides is 1. The summed E-state index contributed by atoms with van der Waals surface area (Å²) in [7, 11) is 1.88. The maximum Gasteiger partial charge on any atom is 0.309 e. The number of carbonyl (C=O) groups is 2. The van der Waals surface area contributed by atoms with Crippen molar-refractivity contribution in [3.05, 3.63) is 0 Å². The van der Waals surface area contributed by atoms with Crippen LogP contribution in [0.25, 0.3) is 0 Å². The van der Waals surface area contributed by atoms with Gasteiger partial charge in [0.1, 0.15) is 6.10 Å². The second kappa shape index (κ2) is 2.68. The molecule has 4 rings (SSSR count). The Hall–Kier alpha value is -1.06. The Labute approximate surface area is 100 Å². The summed E-state index contributed by atoms with van der Waals surface area (Å²) < 4.78 is 5.50. The number of carbonyl (C=O) groups excluding carboxylic acids is 2. The van der Waals surface area contributed by atoms with Gasteiger partial charge in [-0.25, -0.2) is 0 Å². The summed E-state index contributed by atoms with van der Waals surface area (Å²) in [5.41, 5.74) is -0.0222. The zero-order chi connectivity index (χ0) is 11.9. The molecule has 2 bridgehead atoms. The van der Waals surface area contributed by atoms with Crippen molar-refractivity contribution in [2.24, 2.45) is 23.2 Å². The lowest BCUT2D eigenvalue weighted by atomic mass is 9.60. The van der Waals surface area contributed by atoms with Crippen LogP contribution in [0.1, 0.15) is 26.2 Å². The zero-order valence-corrected chi connectivity index (χ0v) is 10.2. The van der Waals surface area contributed by atoms with Crippen molar-refractivity contribution in [3.8, 4) is 0 Å². The Bertz CT molecular complexity index is 434. The van der Waals surface area contributed by atoms with Gasteiger partial charge < -0.3 is 9.64 Å². The average Bonchev–Trinajstić information content (AvgIpc) is 2.83. The van der Waals surface area contributed by atoms with Gasteiger partial charge in [0.25, 0.3) is 0 Å². The van der Waals surface area contributed by atoms with Gasteiger partial charge in [0, 0.05) is 18.4 Å². The van der Waals surface area contributed by atoms with Gasteiger partial charge in [0.05, 0.1) is 12.0 Å². The SMILES string of the molecule is CN1C(=O)[C@H]2CC[C@H]3[C@H]4C[C@H](OC4=O)[C@@H]1[C@@]23C. The van der Waals surface area contributed by atoms with E-state index in [1.807, 2.05) is 11.9 Å². The van der Waals surface area contributed by atoms with Gasteiger partial charge in [-0.3, -0.25) is 9.59 Å². The van der Waals surface area contributed by atoms with Crippen LogP contribution in [0, 0.1) is 23.2 Å². The summed E-state index contributed by atoms with van der Waals surface area (Å²) >= 11 is 0. The van der Waals surface area contributed by atoms with E-state index in [1.54, 1.807) is 0 Å². The summed E-state index contributed by atoms with van der Waals surface area (Å²) in [6, 6.07) is 0.121. The number of hydrogen-bond acceptors (Lipinski definition) is 3. The predicted molar refractivity (Wildman–Crippen MR) is 58.9 cm³/mol. The van der Waals surface area contributed by atoms with Crippen molar-refractivity contribution in [2.75, 3.05) is 7.05 Å². The third-order valence-corrected chi connectivity index (χ3v) is 5.91. The van der Waals surface area contributed by atoms with E-state index < -0.39 is 0 Å². The number of ether oxygens (including phenoxy) is 1. The van der Waals surface area contributed by atoms with Crippen LogP contribution in [0.2, 0.25) is 0 Å². The van der Waals surface area contributed by atoms with Gasteiger partial charge in [-0.05, 0) is 25.2 Å². The quantitative estimate of drug-likeness (QED) is 0.584. The van der Waals surface area contributed by atoms with Crippen LogP contribution in [-0.4, -0.2) is 36.0 Å². The Kier molecular flexibility index (Phi) is 1.56. The number of likely N-dealkylation sites (tertiary alicyclic amines) is 1. The molecule has 1 amide bonds. The highest BCUT2D eigenvalue weighted by Crippen LogP contribution is 2.64. The maximum atomic E-state index is 12.3. The summed E-state index contributed by atoms with van der Waals surface area (Å²) in [4.78, 5) is 26.0. The molecule has 4 heteroatoms. The largest absolute Gasteiger partial charge is 0.460 e. The lowest BCUT2D eigenvalue weighted by molar-refractivity contribution is -0.146. The first-order chi connectivity index (χ1) is 8.05. The van der Waals surface area contributed by atoms with Crippen molar-refractivity contribution in [3.63, 3.8) is 0 Å². The summed E-state index contributed by atoms with van der Waals surface area (Å²) in [6.07, 6.45) is 2.75. The van der Waals surface area contributed by atoms with Crippen molar-refractivity contribution in [1.29, 1.82) is 0 Å². The number of hydrogen-bond donors (Lipinski definition) is 0. The molecule has 4 aliphatic rings. The average molecular weight is 235 g/mol. The van der Waals surface area contributed by atoms with E-state index in [4.69, 9.17) is 4.74 Å². The first-order valence-electron chi connectivity index (χ1n) is 6.52. The maximum absolute atomic E-state index is 12.3. The molecule has 0 aromatic carbocycles. The predicted octanol–water partition coefficient (Wildman–Crippen LogP) is 0.805. The van der Waals surface area contributed by atoms with Gasteiger partial charge >= 0.3 is 5.97 Å². The van der Waals surface area contributed by atoms with E-state index in [9.17, 15) is 9.59 Å². The van der Waals surface area contributed by atoms with E-state index in [-0.39, 0.29) is 41.3 Å². The summed E-state index contributed by atoms with van der Waals surface area (Å²) in [6.45, 7) is 2.21. The normalized spacial score (nSPS) is 55.2. The van der Waals surface area contributed by atoms with E-state index in [0.29, 0.717) is 5.92 Å². The first-order valence-corrected chi connectivity index (χ1v) is 6.52. The van der Waals surface area contributed by atoms with E-state index in [2.05, 4.69) is 6.92 Å². The fourth-order valence-electron chi connectivity index (χ4n) is 5.28. The van der Waals surface area contributed by atoms with Gasteiger partial charge in [-0.15, -0.1) is 0 Å².